The van der Waals surface area contributed by atoms with Gasteiger partial charge in [0, 0.05) is 25.3 Å². The Labute approximate surface area is 224 Å². The van der Waals surface area contributed by atoms with Crippen molar-refractivity contribution in [1.29, 1.82) is 0 Å². The zero-order valence-electron chi connectivity index (χ0n) is 22.9. The molecule has 200 valence electrons. The molecule has 8 heteroatoms. The molecule has 4 aromatic rings. The van der Waals surface area contributed by atoms with E-state index in [1.165, 1.54) is 16.7 Å². The monoisotopic (exact) mass is 514 g/mol. The van der Waals surface area contributed by atoms with E-state index in [0.717, 1.165) is 66.7 Å². The molecule has 1 fully saturated rings. The zero-order chi connectivity index (χ0) is 26.6. The average molecular weight is 515 g/mol. The Morgan fingerprint density at radius 3 is 2.79 bits per heavy atom. The fourth-order valence-electron chi connectivity index (χ4n) is 5.72. The van der Waals surface area contributed by atoms with Crippen molar-refractivity contribution in [2.45, 2.75) is 78.6 Å². The molecule has 0 bridgehead atoms. The maximum Gasteiger partial charge on any atom is 0.252 e. The van der Waals surface area contributed by atoms with Crippen LogP contribution in [0.5, 0.6) is 0 Å². The Bertz CT molecular complexity index is 1450. The largest absolute Gasteiger partial charge is 0.376 e. The van der Waals surface area contributed by atoms with Crippen molar-refractivity contribution in [2.24, 2.45) is 0 Å². The summed E-state index contributed by atoms with van der Waals surface area (Å²) in [5.74, 6) is 0.830. The number of aromatic nitrogens is 5. The number of nitrogens with one attached hydrogen (secondary N) is 1. The average Bonchev–Trinajstić information content (AvgIpc) is 3.57. The van der Waals surface area contributed by atoms with Gasteiger partial charge in [-0.15, -0.1) is 5.10 Å². The normalized spacial score (nSPS) is 16.5. The van der Waals surface area contributed by atoms with Gasteiger partial charge in [-0.1, -0.05) is 48.4 Å². The van der Waals surface area contributed by atoms with Gasteiger partial charge in [-0.2, -0.15) is 0 Å². The molecule has 1 N–H and O–H groups in total. The van der Waals surface area contributed by atoms with E-state index < -0.39 is 0 Å². The minimum Gasteiger partial charge on any atom is -0.376 e. The summed E-state index contributed by atoms with van der Waals surface area (Å²) in [7, 11) is 0. The highest BCUT2D eigenvalue weighted by Crippen LogP contribution is 2.26. The summed E-state index contributed by atoms with van der Waals surface area (Å²) >= 11 is 0. The minimum atomic E-state index is -0.0428. The molecule has 38 heavy (non-hydrogen) atoms. The molecule has 0 amide bonds. The molecule has 2 aromatic carbocycles. The van der Waals surface area contributed by atoms with Gasteiger partial charge in [0.05, 0.1) is 24.2 Å². The lowest BCUT2D eigenvalue weighted by atomic mass is 10.0. The molecule has 1 aliphatic rings. The molecule has 0 saturated carbocycles. The van der Waals surface area contributed by atoms with E-state index in [2.05, 4.69) is 88.6 Å². The second-order valence-corrected chi connectivity index (χ2v) is 10.7. The SMILES string of the molecule is CCC(c1nnnn1CC1CCCO1)N(CCc1cccc(C)c1)Cc1cc2cc(C)cc(C)c2[nH]c1=O. The van der Waals surface area contributed by atoms with Crippen LogP contribution in [-0.4, -0.2) is 49.3 Å². The van der Waals surface area contributed by atoms with Gasteiger partial charge in [-0.05, 0) is 85.5 Å². The number of hydrogen-bond donors (Lipinski definition) is 1. The number of ether oxygens (including phenoxy) is 1. The van der Waals surface area contributed by atoms with Gasteiger partial charge in [0.15, 0.2) is 5.82 Å². The summed E-state index contributed by atoms with van der Waals surface area (Å²) in [6.07, 6.45) is 3.94. The quantitative estimate of drug-likeness (QED) is 0.327. The Morgan fingerprint density at radius 1 is 1.16 bits per heavy atom. The summed E-state index contributed by atoms with van der Waals surface area (Å²) in [5, 5.41) is 13.9. The molecular formula is C30H38N6O2. The van der Waals surface area contributed by atoms with Crippen molar-refractivity contribution in [1.82, 2.24) is 30.1 Å². The molecule has 5 rings (SSSR count). The van der Waals surface area contributed by atoms with Crippen LogP contribution in [0.4, 0.5) is 0 Å². The molecule has 0 aliphatic carbocycles. The molecule has 1 saturated heterocycles. The van der Waals surface area contributed by atoms with Gasteiger partial charge in [-0.25, -0.2) is 4.68 Å². The van der Waals surface area contributed by atoms with Crippen LogP contribution in [0.2, 0.25) is 0 Å². The van der Waals surface area contributed by atoms with Crippen molar-refractivity contribution in [2.75, 3.05) is 13.2 Å². The second-order valence-electron chi connectivity index (χ2n) is 10.7. The van der Waals surface area contributed by atoms with Crippen LogP contribution in [0, 0.1) is 20.8 Å². The molecule has 8 nitrogen and oxygen atoms in total. The van der Waals surface area contributed by atoms with Crippen LogP contribution in [0.25, 0.3) is 10.9 Å². The number of pyridine rings is 1. The minimum absolute atomic E-state index is 0.0365. The van der Waals surface area contributed by atoms with Crippen molar-refractivity contribution < 1.29 is 4.74 Å². The van der Waals surface area contributed by atoms with Gasteiger partial charge in [0.25, 0.3) is 5.56 Å². The maximum absolute atomic E-state index is 13.3. The van der Waals surface area contributed by atoms with Crippen LogP contribution in [0.15, 0.2) is 47.3 Å². The first kappa shape index (κ1) is 26.3. The summed E-state index contributed by atoms with van der Waals surface area (Å²) in [5.41, 5.74) is 6.41. The zero-order valence-corrected chi connectivity index (χ0v) is 22.9. The summed E-state index contributed by atoms with van der Waals surface area (Å²) < 4.78 is 7.77. The smallest absolute Gasteiger partial charge is 0.252 e. The van der Waals surface area contributed by atoms with Crippen molar-refractivity contribution in [3.05, 3.63) is 86.5 Å². The number of nitrogens with zero attached hydrogens (tertiary/aromatic N) is 5. The Hall–Kier alpha value is -3.36. The fraction of sp³-hybridized carbons (Fsp3) is 0.467. The molecule has 2 atom stereocenters. The number of fused-ring (bicyclic) bond motifs is 1. The van der Waals surface area contributed by atoms with Crippen LogP contribution < -0.4 is 5.56 Å². The number of hydrogen-bond acceptors (Lipinski definition) is 6. The highest BCUT2D eigenvalue weighted by atomic mass is 16.5. The van der Waals surface area contributed by atoms with Crippen LogP contribution in [0.1, 0.15) is 65.9 Å². The van der Waals surface area contributed by atoms with Crippen LogP contribution in [0.3, 0.4) is 0 Å². The Kier molecular flexibility index (Phi) is 8.00. The molecule has 0 spiro atoms. The topological polar surface area (TPSA) is 88.9 Å². The number of rotatable bonds is 10. The highest BCUT2D eigenvalue weighted by Gasteiger charge is 2.27. The second kappa shape index (κ2) is 11.6. The number of tetrazole rings is 1. The number of aryl methyl sites for hydroxylation is 3. The first-order valence-electron chi connectivity index (χ1n) is 13.7. The van der Waals surface area contributed by atoms with Crippen molar-refractivity contribution >= 4 is 10.9 Å². The molecule has 2 unspecified atom stereocenters. The first-order chi connectivity index (χ1) is 18.4. The standard InChI is InChI=1S/C30H38N6O2/c1-5-27(29-32-33-34-36(29)19-26-10-7-13-38-26)35(12-11-23-9-6-8-20(2)15-23)18-25-17-24-16-21(3)14-22(4)28(24)31-30(25)37/h6,8-9,14-17,26-27H,5,7,10-13,18-19H2,1-4H3,(H,31,37). The van der Waals surface area contributed by atoms with Gasteiger partial charge < -0.3 is 9.72 Å². The molecular weight excluding hydrogens is 476 g/mol. The molecule has 2 aromatic heterocycles. The Morgan fingerprint density at radius 2 is 2.03 bits per heavy atom. The van der Waals surface area contributed by atoms with Crippen molar-refractivity contribution in [3.63, 3.8) is 0 Å². The van der Waals surface area contributed by atoms with Gasteiger partial charge >= 0.3 is 0 Å². The first-order valence-corrected chi connectivity index (χ1v) is 13.7. The highest BCUT2D eigenvalue weighted by molar-refractivity contribution is 5.82. The van der Waals surface area contributed by atoms with E-state index in [0.29, 0.717) is 13.1 Å². The summed E-state index contributed by atoms with van der Waals surface area (Å²) in [6, 6.07) is 14.9. The molecule has 3 heterocycles. The third-order valence-corrected chi connectivity index (χ3v) is 7.60. The van der Waals surface area contributed by atoms with Crippen LogP contribution in [-0.2, 0) is 24.2 Å². The van der Waals surface area contributed by atoms with Gasteiger partial charge in [-0.3, -0.25) is 9.69 Å². The lowest BCUT2D eigenvalue weighted by molar-refractivity contribution is 0.0893. The fourth-order valence-corrected chi connectivity index (χ4v) is 5.72. The lowest BCUT2D eigenvalue weighted by Gasteiger charge is -2.30. The Balaban J connectivity index is 1.48. The summed E-state index contributed by atoms with van der Waals surface area (Å²) in [4.78, 5) is 18.8. The van der Waals surface area contributed by atoms with Crippen LogP contribution >= 0.6 is 0 Å². The number of benzene rings is 2. The van der Waals surface area contributed by atoms with Gasteiger partial charge in [0.2, 0.25) is 0 Å². The van der Waals surface area contributed by atoms with Crippen molar-refractivity contribution in [3.8, 4) is 0 Å². The molecule has 0 radical (unpaired) electrons. The number of H-pyrrole nitrogens is 1. The third-order valence-electron chi connectivity index (χ3n) is 7.60. The number of aromatic amines is 1. The predicted molar refractivity (Wildman–Crippen MR) is 149 cm³/mol. The molecule has 1 aliphatic heterocycles. The van der Waals surface area contributed by atoms with Gasteiger partial charge in [0.1, 0.15) is 0 Å². The van der Waals surface area contributed by atoms with E-state index in [1.807, 2.05) is 11.6 Å². The van der Waals surface area contributed by atoms with E-state index in [-0.39, 0.29) is 17.7 Å². The van der Waals surface area contributed by atoms with E-state index in [9.17, 15) is 4.79 Å². The lowest BCUT2D eigenvalue weighted by Crippen LogP contribution is -2.34. The third kappa shape index (κ3) is 5.87. The summed E-state index contributed by atoms with van der Waals surface area (Å²) in [6.45, 7) is 11.1. The van der Waals surface area contributed by atoms with E-state index in [1.54, 1.807) is 0 Å². The van der Waals surface area contributed by atoms with E-state index in [4.69, 9.17) is 4.74 Å². The predicted octanol–water partition coefficient (Wildman–Crippen LogP) is 4.81. The van der Waals surface area contributed by atoms with E-state index >= 15 is 0 Å². The maximum atomic E-state index is 13.3.